The van der Waals surface area contributed by atoms with E-state index in [0.29, 0.717) is 6.04 Å². The average Bonchev–Trinajstić information content (AvgIpc) is 2.73. The molecule has 0 spiro atoms. The molecule has 0 radical (unpaired) electrons. The van der Waals surface area contributed by atoms with E-state index in [4.69, 9.17) is 9.97 Å². The molecule has 0 aliphatic carbocycles. The molecule has 1 N–H and O–H groups in total. The Bertz CT molecular complexity index is 638. The molecule has 3 heterocycles. The average molecular weight is 308 g/mol. The van der Waals surface area contributed by atoms with Crippen LogP contribution < -0.4 is 5.32 Å². The van der Waals surface area contributed by atoms with E-state index >= 15 is 0 Å². The van der Waals surface area contributed by atoms with Crippen LogP contribution in [0.3, 0.4) is 0 Å². The number of nitrogens with one attached hydrogen (secondary N) is 1. The second kappa shape index (κ2) is 5.50. The van der Waals surface area contributed by atoms with Crippen molar-refractivity contribution in [2.45, 2.75) is 19.9 Å². The predicted octanol–water partition coefficient (Wildman–Crippen LogP) is 3.07. The van der Waals surface area contributed by atoms with Gasteiger partial charge in [-0.15, -0.1) is 11.3 Å². The van der Waals surface area contributed by atoms with Gasteiger partial charge >= 0.3 is 0 Å². The summed E-state index contributed by atoms with van der Waals surface area (Å²) in [6.07, 6.45) is 0. The molecule has 4 nitrogen and oxygen atoms in total. The van der Waals surface area contributed by atoms with E-state index in [1.807, 2.05) is 18.8 Å². The van der Waals surface area contributed by atoms with Gasteiger partial charge in [0.1, 0.15) is 16.5 Å². The zero-order valence-electron chi connectivity index (χ0n) is 12.4. The number of rotatable bonds is 2. The Morgan fingerprint density at radius 1 is 1.30 bits per heavy atom. The fourth-order valence-corrected chi connectivity index (χ4v) is 4.80. The molecule has 0 bridgehead atoms. The SMILES string of the molecule is CNc1nc(C2CSCCN2C)nc2sc(C)c(C)c12. The lowest BCUT2D eigenvalue weighted by atomic mass is 10.2. The van der Waals surface area contributed by atoms with Crippen LogP contribution in [-0.4, -0.2) is 47.0 Å². The van der Waals surface area contributed by atoms with Crippen molar-refractivity contribution < 1.29 is 0 Å². The van der Waals surface area contributed by atoms with E-state index in [1.165, 1.54) is 21.6 Å². The minimum Gasteiger partial charge on any atom is -0.372 e. The first-order valence-corrected chi connectivity index (χ1v) is 8.82. The maximum Gasteiger partial charge on any atom is 0.150 e. The zero-order chi connectivity index (χ0) is 14.3. The van der Waals surface area contributed by atoms with E-state index in [1.54, 1.807) is 11.3 Å². The van der Waals surface area contributed by atoms with Gasteiger partial charge in [-0.25, -0.2) is 9.97 Å². The van der Waals surface area contributed by atoms with Gasteiger partial charge < -0.3 is 5.32 Å². The number of hydrogen-bond donors (Lipinski definition) is 1. The molecule has 20 heavy (non-hydrogen) atoms. The minimum atomic E-state index is 0.327. The lowest BCUT2D eigenvalue weighted by Gasteiger charge is -2.30. The van der Waals surface area contributed by atoms with Crippen LogP contribution in [0.4, 0.5) is 5.82 Å². The summed E-state index contributed by atoms with van der Waals surface area (Å²) in [5, 5.41) is 4.43. The van der Waals surface area contributed by atoms with Crippen molar-refractivity contribution >= 4 is 39.1 Å². The van der Waals surface area contributed by atoms with Gasteiger partial charge in [-0.3, -0.25) is 4.90 Å². The fourth-order valence-electron chi connectivity index (χ4n) is 2.55. The van der Waals surface area contributed by atoms with Crippen LogP contribution in [0.2, 0.25) is 0 Å². The van der Waals surface area contributed by atoms with Crippen molar-refractivity contribution in [3.8, 4) is 0 Å². The monoisotopic (exact) mass is 308 g/mol. The number of aryl methyl sites for hydroxylation is 2. The number of fused-ring (bicyclic) bond motifs is 1. The van der Waals surface area contributed by atoms with Crippen LogP contribution in [0.25, 0.3) is 10.2 Å². The van der Waals surface area contributed by atoms with E-state index in [9.17, 15) is 0 Å². The number of thioether (sulfide) groups is 1. The highest BCUT2D eigenvalue weighted by Crippen LogP contribution is 2.35. The molecule has 0 aromatic carbocycles. The Labute approximate surface area is 128 Å². The van der Waals surface area contributed by atoms with E-state index in [2.05, 4.69) is 31.1 Å². The van der Waals surface area contributed by atoms with E-state index < -0.39 is 0 Å². The number of thiophene rings is 1. The highest BCUT2D eigenvalue weighted by atomic mass is 32.2. The molecule has 2 aromatic rings. The first kappa shape index (κ1) is 14.1. The molecule has 3 rings (SSSR count). The molecular weight excluding hydrogens is 288 g/mol. The van der Waals surface area contributed by atoms with Crippen molar-refractivity contribution in [1.29, 1.82) is 0 Å². The molecular formula is C14H20N4S2. The van der Waals surface area contributed by atoms with E-state index in [0.717, 1.165) is 28.8 Å². The van der Waals surface area contributed by atoms with Gasteiger partial charge in [0.15, 0.2) is 0 Å². The topological polar surface area (TPSA) is 41.1 Å². The number of anilines is 1. The Morgan fingerprint density at radius 3 is 2.80 bits per heavy atom. The molecule has 1 fully saturated rings. The van der Waals surface area contributed by atoms with Gasteiger partial charge in [0.2, 0.25) is 0 Å². The predicted molar refractivity (Wildman–Crippen MR) is 89.1 cm³/mol. The van der Waals surface area contributed by atoms with Crippen LogP contribution in [0, 0.1) is 13.8 Å². The summed E-state index contributed by atoms with van der Waals surface area (Å²) in [5.74, 6) is 4.20. The van der Waals surface area contributed by atoms with Crippen LogP contribution >= 0.6 is 23.1 Å². The second-order valence-corrected chi connectivity index (χ2v) is 7.57. The summed E-state index contributed by atoms with van der Waals surface area (Å²) in [6.45, 7) is 5.41. The van der Waals surface area contributed by atoms with Crippen LogP contribution in [0.5, 0.6) is 0 Å². The molecule has 0 saturated carbocycles. The molecule has 0 amide bonds. The summed E-state index contributed by atoms with van der Waals surface area (Å²) in [6, 6.07) is 0.327. The van der Waals surface area contributed by atoms with Gasteiger partial charge in [0.25, 0.3) is 0 Å². The van der Waals surface area contributed by atoms with Crippen LogP contribution in [-0.2, 0) is 0 Å². The van der Waals surface area contributed by atoms with Gasteiger partial charge in [0.05, 0.1) is 11.4 Å². The molecule has 1 aliphatic heterocycles. The minimum absolute atomic E-state index is 0.327. The second-order valence-electron chi connectivity index (χ2n) is 5.22. The van der Waals surface area contributed by atoms with Crippen molar-refractivity contribution in [3.05, 3.63) is 16.3 Å². The van der Waals surface area contributed by atoms with Crippen LogP contribution in [0.15, 0.2) is 0 Å². The van der Waals surface area contributed by atoms with Crippen molar-refractivity contribution in [1.82, 2.24) is 14.9 Å². The van der Waals surface area contributed by atoms with Crippen LogP contribution in [0.1, 0.15) is 22.3 Å². The van der Waals surface area contributed by atoms with Crippen molar-refractivity contribution in [2.75, 3.05) is 37.5 Å². The highest BCUT2D eigenvalue weighted by molar-refractivity contribution is 7.99. The summed E-state index contributed by atoms with van der Waals surface area (Å²) < 4.78 is 0. The van der Waals surface area contributed by atoms with Gasteiger partial charge in [-0.2, -0.15) is 11.8 Å². The third kappa shape index (κ3) is 2.29. The molecule has 1 aliphatic rings. The number of hydrogen-bond acceptors (Lipinski definition) is 6. The Hall–Kier alpha value is -0.850. The van der Waals surface area contributed by atoms with E-state index in [-0.39, 0.29) is 0 Å². The van der Waals surface area contributed by atoms with Gasteiger partial charge in [-0.05, 0) is 26.5 Å². The summed E-state index contributed by atoms with van der Waals surface area (Å²) in [7, 11) is 4.11. The standard InChI is InChI=1S/C14H20N4S2/c1-8-9(2)20-14-11(8)13(15-3)16-12(17-14)10-7-19-6-5-18(10)4/h10H,5-7H2,1-4H3,(H,15,16,17). The number of nitrogens with zero attached hydrogens (tertiary/aromatic N) is 3. The zero-order valence-corrected chi connectivity index (χ0v) is 14.0. The largest absolute Gasteiger partial charge is 0.372 e. The molecule has 108 valence electrons. The molecule has 2 aromatic heterocycles. The molecule has 6 heteroatoms. The lowest BCUT2D eigenvalue weighted by Crippen LogP contribution is -2.33. The Kier molecular flexibility index (Phi) is 3.88. The maximum atomic E-state index is 4.85. The third-order valence-electron chi connectivity index (χ3n) is 3.98. The Morgan fingerprint density at radius 2 is 2.10 bits per heavy atom. The summed E-state index contributed by atoms with van der Waals surface area (Å²) >= 11 is 3.76. The summed E-state index contributed by atoms with van der Waals surface area (Å²) in [4.78, 5) is 14.5. The fraction of sp³-hybridized carbons (Fsp3) is 0.571. The van der Waals surface area contributed by atoms with Crippen molar-refractivity contribution in [2.24, 2.45) is 0 Å². The third-order valence-corrected chi connectivity index (χ3v) is 6.10. The van der Waals surface area contributed by atoms with Crippen molar-refractivity contribution in [3.63, 3.8) is 0 Å². The van der Waals surface area contributed by atoms with Gasteiger partial charge in [-0.1, -0.05) is 0 Å². The lowest BCUT2D eigenvalue weighted by molar-refractivity contribution is 0.265. The number of aromatic nitrogens is 2. The highest BCUT2D eigenvalue weighted by Gasteiger charge is 2.25. The van der Waals surface area contributed by atoms with Gasteiger partial charge in [0, 0.05) is 30.0 Å². The molecule has 1 saturated heterocycles. The normalized spacial score (nSPS) is 20.5. The molecule has 1 atom stereocenters. The molecule has 1 unspecified atom stereocenters. The summed E-state index contributed by atoms with van der Waals surface area (Å²) in [5.41, 5.74) is 1.30. The Balaban J connectivity index is 2.13. The quantitative estimate of drug-likeness (QED) is 0.923. The smallest absolute Gasteiger partial charge is 0.150 e. The first-order chi connectivity index (χ1) is 9.61. The maximum absolute atomic E-state index is 4.85. The first-order valence-electron chi connectivity index (χ1n) is 6.85.